The fourth-order valence-corrected chi connectivity index (χ4v) is 3.71. The Bertz CT molecular complexity index is 867. The first-order valence-corrected chi connectivity index (χ1v) is 10.6. The third-order valence-electron chi connectivity index (χ3n) is 5.22. The van der Waals surface area contributed by atoms with Crippen LogP contribution in [0.15, 0.2) is 24.3 Å². The number of nitrogen functional groups attached to an aromatic ring is 1. The molecule has 0 unspecified atom stereocenters. The Morgan fingerprint density at radius 2 is 2.07 bits per heavy atom. The number of hydrogen-bond acceptors (Lipinski definition) is 7. The molecular formula is C22H32N6O2. The maximum atomic E-state index is 12.8. The lowest BCUT2D eigenvalue weighted by Gasteiger charge is -2.27. The molecule has 1 fully saturated rings. The zero-order valence-electron chi connectivity index (χ0n) is 18.1. The molecule has 1 atom stereocenters. The number of hydrogen-bond donors (Lipinski definition) is 3. The van der Waals surface area contributed by atoms with Crippen molar-refractivity contribution in [3.05, 3.63) is 41.1 Å². The molecule has 30 heavy (non-hydrogen) atoms. The van der Waals surface area contributed by atoms with Crippen LogP contribution in [0.25, 0.3) is 0 Å². The van der Waals surface area contributed by atoms with E-state index in [1.165, 1.54) is 0 Å². The average Bonchev–Trinajstić information content (AvgIpc) is 2.74. The van der Waals surface area contributed by atoms with Gasteiger partial charge in [0, 0.05) is 55.8 Å². The minimum atomic E-state index is 0.0315. The zero-order valence-corrected chi connectivity index (χ0v) is 18.1. The van der Waals surface area contributed by atoms with Crippen LogP contribution >= 0.6 is 0 Å². The number of rotatable bonds is 8. The summed E-state index contributed by atoms with van der Waals surface area (Å²) in [6.45, 7) is 7.36. The second-order valence-electron chi connectivity index (χ2n) is 7.68. The van der Waals surface area contributed by atoms with Gasteiger partial charge in [0.1, 0.15) is 11.6 Å². The van der Waals surface area contributed by atoms with Crippen LogP contribution in [0.3, 0.4) is 0 Å². The normalized spacial score (nSPS) is 15.0. The highest BCUT2D eigenvalue weighted by Gasteiger charge is 2.19. The Hall–Kier alpha value is -2.87. The van der Waals surface area contributed by atoms with Crippen LogP contribution in [0.2, 0.25) is 0 Å². The number of carbonyl (C=O) groups excluding carboxylic acids is 1. The summed E-state index contributed by atoms with van der Waals surface area (Å²) in [5.41, 5.74) is 8.31. The molecule has 0 bridgehead atoms. The number of anilines is 2. The van der Waals surface area contributed by atoms with E-state index in [1.54, 1.807) is 7.11 Å². The van der Waals surface area contributed by atoms with E-state index in [9.17, 15) is 4.79 Å². The van der Waals surface area contributed by atoms with Crippen molar-refractivity contribution in [2.45, 2.75) is 39.2 Å². The number of nitrogens with zero attached hydrogens (tertiary/aromatic N) is 3. The standard InChI is InChI=1S/C22H32N6O2/c1-4-5-15(2)25-20-14-18(26-22(23)27-20)12-16-6-7-17(13-19(16)30-3)21(29)28-10-8-24-9-11-28/h6-7,13-15,24H,4-5,8-12H2,1-3H3,(H3,23,25,26,27)/t15-/m1/s1. The van der Waals surface area contributed by atoms with Gasteiger partial charge in [-0.15, -0.1) is 0 Å². The van der Waals surface area contributed by atoms with Gasteiger partial charge in [-0.05, 0) is 25.5 Å². The summed E-state index contributed by atoms with van der Waals surface area (Å²) in [6.07, 6.45) is 2.68. The summed E-state index contributed by atoms with van der Waals surface area (Å²) in [7, 11) is 1.62. The quantitative estimate of drug-likeness (QED) is 0.611. The number of amides is 1. The van der Waals surface area contributed by atoms with Crippen LogP contribution in [0.1, 0.15) is 48.3 Å². The van der Waals surface area contributed by atoms with Gasteiger partial charge in [-0.25, -0.2) is 4.98 Å². The average molecular weight is 413 g/mol. The van der Waals surface area contributed by atoms with Crippen LogP contribution in [0, 0.1) is 0 Å². The molecule has 0 aliphatic carbocycles. The molecule has 1 aliphatic rings. The van der Waals surface area contributed by atoms with Crippen molar-refractivity contribution in [2.75, 3.05) is 44.3 Å². The van der Waals surface area contributed by atoms with Crippen molar-refractivity contribution >= 4 is 17.7 Å². The smallest absolute Gasteiger partial charge is 0.254 e. The number of benzene rings is 1. The number of methoxy groups -OCH3 is 1. The van der Waals surface area contributed by atoms with E-state index in [1.807, 2.05) is 29.2 Å². The molecule has 162 valence electrons. The van der Waals surface area contributed by atoms with Crippen molar-refractivity contribution in [3.63, 3.8) is 0 Å². The lowest BCUT2D eigenvalue weighted by Crippen LogP contribution is -2.46. The van der Waals surface area contributed by atoms with Crippen LogP contribution in [0.5, 0.6) is 5.75 Å². The summed E-state index contributed by atoms with van der Waals surface area (Å²) < 4.78 is 5.58. The van der Waals surface area contributed by atoms with Gasteiger partial charge in [-0.2, -0.15) is 4.98 Å². The van der Waals surface area contributed by atoms with Gasteiger partial charge >= 0.3 is 0 Å². The molecule has 3 rings (SSSR count). The molecule has 1 amide bonds. The first-order chi connectivity index (χ1) is 14.5. The first kappa shape index (κ1) is 21.8. The van der Waals surface area contributed by atoms with Gasteiger partial charge in [0.05, 0.1) is 12.8 Å². The molecule has 4 N–H and O–H groups in total. The third kappa shape index (κ3) is 5.60. The molecule has 0 saturated carbocycles. The van der Waals surface area contributed by atoms with Crippen molar-refractivity contribution in [1.82, 2.24) is 20.2 Å². The maximum absolute atomic E-state index is 12.8. The Balaban J connectivity index is 1.77. The lowest BCUT2D eigenvalue weighted by molar-refractivity contribution is 0.0735. The van der Waals surface area contributed by atoms with Gasteiger partial charge in [0.2, 0.25) is 5.95 Å². The fourth-order valence-electron chi connectivity index (χ4n) is 3.71. The molecule has 2 heterocycles. The number of piperazine rings is 1. The van der Waals surface area contributed by atoms with E-state index in [0.717, 1.165) is 56.1 Å². The third-order valence-corrected chi connectivity index (χ3v) is 5.22. The van der Waals surface area contributed by atoms with E-state index in [-0.39, 0.29) is 11.9 Å². The topological polar surface area (TPSA) is 105 Å². The van der Waals surface area contributed by atoms with E-state index in [0.29, 0.717) is 23.8 Å². The van der Waals surface area contributed by atoms with Gasteiger partial charge in [0.15, 0.2) is 0 Å². The maximum Gasteiger partial charge on any atom is 0.254 e. The van der Waals surface area contributed by atoms with Gasteiger partial charge < -0.3 is 26.0 Å². The molecular weight excluding hydrogens is 380 g/mol. The predicted octanol–water partition coefficient (Wildman–Crippen LogP) is 2.30. The molecule has 8 heteroatoms. The molecule has 1 aromatic carbocycles. The molecule has 1 aromatic heterocycles. The molecule has 0 spiro atoms. The predicted molar refractivity (Wildman–Crippen MR) is 119 cm³/mol. The summed E-state index contributed by atoms with van der Waals surface area (Å²) in [4.78, 5) is 23.3. The molecule has 1 saturated heterocycles. The zero-order chi connectivity index (χ0) is 21.5. The van der Waals surface area contributed by atoms with E-state index < -0.39 is 0 Å². The van der Waals surface area contributed by atoms with Crippen LogP contribution in [-0.2, 0) is 6.42 Å². The Labute approximate surface area is 178 Å². The van der Waals surface area contributed by atoms with E-state index in [2.05, 4.69) is 34.4 Å². The largest absolute Gasteiger partial charge is 0.496 e. The van der Waals surface area contributed by atoms with E-state index >= 15 is 0 Å². The van der Waals surface area contributed by atoms with Crippen molar-refractivity contribution in [1.29, 1.82) is 0 Å². The minimum Gasteiger partial charge on any atom is -0.496 e. The van der Waals surface area contributed by atoms with Gasteiger partial charge in [-0.3, -0.25) is 4.79 Å². The Morgan fingerprint density at radius 3 is 2.77 bits per heavy atom. The molecule has 1 aliphatic heterocycles. The second-order valence-corrected chi connectivity index (χ2v) is 7.68. The summed E-state index contributed by atoms with van der Waals surface area (Å²) >= 11 is 0. The van der Waals surface area contributed by atoms with Crippen molar-refractivity contribution in [3.8, 4) is 5.75 Å². The Morgan fingerprint density at radius 1 is 1.30 bits per heavy atom. The molecule has 2 aromatic rings. The monoisotopic (exact) mass is 412 g/mol. The van der Waals surface area contributed by atoms with Crippen molar-refractivity contribution in [2.24, 2.45) is 0 Å². The number of nitrogens with two attached hydrogens (primary N) is 1. The molecule has 8 nitrogen and oxygen atoms in total. The Kier molecular flexibility index (Phi) is 7.46. The fraction of sp³-hybridized carbons (Fsp3) is 0.500. The number of nitrogens with one attached hydrogen (secondary N) is 2. The lowest BCUT2D eigenvalue weighted by atomic mass is 10.0. The molecule has 0 radical (unpaired) electrons. The van der Waals surface area contributed by atoms with E-state index in [4.69, 9.17) is 10.5 Å². The number of aromatic nitrogens is 2. The van der Waals surface area contributed by atoms with Crippen LogP contribution in [0.4, 0.5) is 11.8 Å². The minimum absolute atomic E-state index is 0.0315. The van der Waals surface area contributed by atoms with Gasteiger partial charge in [-0.1, -0.05) is 19.4 Å². The highest BCUT2D eigenvalue weighted by atomic mass is 16.5. The number of carbonyl (C=O) groups is 1. The second kappa shape index (κ2) is 10.2. The van der Waals surface area contributed by atoms with Crippen LogP contribution < -0.4 is 21.1 Å². The SMILES string of the molecule is CCC[C@@H](C)Nc1cc(Cc2ccc(C(=O)N3CCNCC3)cc2OC)nc(N)n1. The summed E-state index contributed by atoms with van der Waals surface area (Å²) in [5.74, 6) is 1.66. The highest BCUT2D eigenvalue weighted by Crippen LogP contribution is 2.25. The van der Waals surface area contributed by atoms with Gasteiger partial charge in [0.25, 0.3) is 5.91 Å². The number of ether oxygens (including phenoxy) is 1. The summed E-state index contributed by atoms with van der Waals surface area (Å²) in [6, 6.07) is 7.82. The highest BCUT2D eigenvalue weighted by molar-refractivity contribution is 5.94. The van der Waals surface area contributed by atoms with Crippen molar-refractivity contribution < 1.29 is 9.53 Å². The van der Waals surface area contributed by atoms with Crippen LogP contribution in [-0.4, -0.2) is 60.1 Å². The summed E-state index contributed by atoms with van der Waals surface area (Å²) in [5, 5.41) is 6.64. The first-order valence-electron chi connectivity index (χ1n) is 10.6.